The molecule has 1 aromatic carbocycles. The second-order valence-electron chi connectivity index (χ2n) is 9.09. The van der Waals surface area contributed by atoms with Crippen LogP contribution in [0.1, 0.15) is 29.7 Å². The van der Waals surface area contributed by atoms with Crippen molar-refractivity contribution in [2.24, 2.45) is 14.1 Å². The Bertz CT molecular complexity index is 1730. The average Bonchev–Trinajstić information content (AvgIpc) is 3.10. The van der Waals surface area contributed by atoms with E-state index in [1.165, 1.54) is 34.2 Å². The number of aryl methyl sites for hydroxylation is 2. The van der Waals surface area contributed by atoms with Crippen molar-refractivity contribution < 1.29 is 9.53 Å². The molecule has 3 heterocycles. The quantitative estimate of drug-likeness (QED) is 0.222. The number of thiophene rings is 1. The molecule has 10 nitrogen and oxygen atoms in total. The molecule has 1 aliphatic rings. The highest BCUT2D eigenvalue weighted by Gasteiger charge is 2.23. The Balaban J connectivity index is 1.54. The molecule has 3 aromatic heterocycles. The molecule has 0 atom stereocenters. The van der Waals surface area contributed by atoms with E-state index >= 15 is 0 Å². The first kappa shape index (κ1) is 26.0. The number of hydrogen-bond acceptors (Lipinski definition) is 8. The van der Waals surface area contributed by atoms with Crippen molar-refractivity contribution in [2.45, 2.75) is 37.3 Å². The van der Waals surface area contributed by atoms with Crippen molar-refractivity contribution in [1.82, 2.24) is 18.7 Å². The Hall–Kier alpha value is -3.64. The van der Waals surface area contributed by atoms with Crippen molar-refractivity contribution in [3.8, 4) is 11.4 Å². The number of rotatable bonds is 6. The predicted octanol–water partition coefficient (Wildman–Crippen LogP) is 2.85. The van der Waals surface area contributed by atoms with Crippen LogP contribution >= 0.6 is 23.1 Å². The Labute approximate surface area is 225 Å². The lowest BCUT2D eigenvalue weighted by molar-refractivity contribution is -0.113. The molecule has 0 spiro atoms. The molecule has 12 heteroatoms. The number of hydrogen-bond donors (Lipinski definition) is 1. The number of nitrogens with one attached hydrogen (secondary N) is 1. The maximum atomic E-state index is 14.0. The van der Waals surface area contributed by atoms with Gasteiger partial charge in [-0.3, -0.25) is 28.1 Å². The van der Waals surface area contributed by atoms with Crippen LogP contribution in [0.5, 0.6) is 5.75 Å². The molecule has 0 radical (unpaired) electrons. The SMILES string of the molecule is COc1cccc(-n2c(SCC(=O)Nc3cc(=O)n(C)c(=O)n3C)nc3sc4c(c3c2=O)CCCCC4)c1. The van der Waals surface area contributed by atoms with E-state index in [0.717, 1.165) is 54.0 Å². The second kappa shape index (κ2) is 10.6. The molecule has 0 saturated carbocycles. The van der Waals surface area contributed by atoms with Gasteiger partial charge in [-0.15, -0.1) is 11.3 Å². The molecule has 0 saturated heterocycles. The molecule has 0 aliphatic heterocycles. The van der Waals surface area contributed by atoms with E-state index < -0.39 is 17.2 Å². The number of methoxy groups -OCH3 is 1. The monoisotopic (exact) mass is 553 g/mol. The molecular weight excluding hydrogens is 526 g/mol. The number of thioether (sulfide) groups is 1. The number of fused-ring (bicyclic) bond motifs is 3. The van der Waals surface area contributed by atoms with Crippen LogP contribution in [-0.4, -0.2) is 37.5 Å². The summed E-state index contributed by atoms with van der Waals surface area (Å²) in [5.74, 6) is 0.168. The summed E-state index contributed by atoms with van der Waals surface area (Å²) in [6.07, 6.45) is 5.07. The third-order valence-electron chi connectivity index (χ3n) is 6.65. The molecule has 1 aliphatic carbocycles. The summed E-state index contributed by atoms with van der Waals surface area (Å²) >= 11 is 2.67. The Morgan fingerprint density at radius 2 is 1.89 bits per heavy atom. The minimum Gasteiger partial charge on any atom is -0.497 e. The summed E-state index contributed by atoms with van der Waals surface area (Å²) in [6.45, 7) is 0. The number of amides is 1. The second-order valence-corrected chi connectivity index (χ2v) is 11.1. The third kappa shape index (κ3) is 4.81. The fraction of sp³-hybridized carbons (Fsp3) is 0.346. The maximum absolute atomic E-state index is 14.0. The van der Waals surface area contributed by atoms with Crippen LogP contribution in [0, 0.1) is 0 Å². The first-order valence-corrected chi connectivity index (χ1v) is 14.0. The average molecular weight is 554 g/mol. The molecule has 0 bridgehead atoms. The number of nitrogens with zero attached hydrogens (tertiary/aromatic N) is 4. The van der Waals surface area contributed by atoms with E-state index in [4.69, 9.17) is 9.72 Å². The first-order valence-electron chi connectivity index (χ1n) is 12.2. The molecule has 1 N–H and O–H groups in total. The van der Waals surface area contributed by atoms with Gasteiger partial charge in [0.2, 0.25) is 5.91 Å². The highest BCUT2D eigenvalue weighted by molar-refractivity contribution is 7.99. The summed E-state index contributed by atoms with van der Waals surface area (Å²) in [5, 5.41) is 3.65. The van der Waals surface area contributed by atoms with E-state index in [1.807, 2.05) is 6.07 Å². The van der Waals surface area contributed by atoms with Crippen LogP contribution in [-0.2, 0) is 31.7 Å². The standard InChI is InChI=1S/C26H27N5O5S2/c1-29-19(13-21(33)30(2)26(29)35)27-20(32)14-37-25-28-23-22(17-10-5-4-6-11-18(17)38-23)24(34)31(25)15-8-7-9-16(12-15)36-3/h7-9,12-13H,4-6,10-11,14H2,1-3H3,(H,27,32). The van der Waals surface area contributed by atoms with Gasteiger partial charge in [0.05, 0.1) is 23.9 Å². The minimum absolute atomic E-state index is 0.0869. The van der Waals surface area contributed by atoms with E-state index in [9.17, 15) is 19.2 Å². The maximum Gasteiger partial charge on any atom is 0.332 e. The fourth-order valence-corrected chi connectivity index (χ4v) is 6.71. The van der Waals surface area contributed by atoms with E-state index in [1.54, 1.807) is 36.6 Å². The largest absolute Gasteiger partial charge is 0.497 e. The zero-order valence-electron chi connectivity index (χ0n) is 21.3. The van der Waals surface area contributed by atoms with Crippen molar-refractivity contribution in [2.75, 3.05) is 18.2 Å². The molecule has 198 valence electrons. The normalized spacial score (nSPS) is 13.2. The Morgan fingerprint density at radius 3 is 2.68 bits per heavy atom. The first-order chi connectivity index (χ1) is 18.3. The van der Waals surface area contributed by atoms with Crippen LogP contribution in [0.3, 0.4) is 0 Å². The van der Waals surface area contributed by atoms with Gasteiger partial charge in [-0.25, -0.2) is 9.78 Å². The van der Waals surface area contributed by atoms with Gasteiger partial charge < -0.3 is 10.1 Å². The molecule has 4 aromatic rings. The number of carbonyl (C=O) groups excluding carboxylic acids is 1. The fourth-order valence-electron chi connectivity index (χ4n) is 4.60. The Morgan fingerprint density at radius 1 is 1.11 bits per heavy atom. The van der Waals surface area contributed by atoms with Gasteiger partial charge in [-0.2, -0.15) is 0 Å². The van der Waals surface area contributed by atoms with Gasteiger partial charge in [0, 0.05) is 31.1 Å². The van der Waals surface area contributed by atoms with Gasteiger partial charge in [-0.1, -0.05) is 24.2 Å². The lowest BCUT2D eigenvalue weighted by Gasteiger charge is -2.14. The summed E-state index contributed by atoms with van der Waals surface area (Å²) in [4.78, 5) is 57.8. The van der Waals surface area contributed by atoms with E-state index in [0.29, 0.717) is 26.8 Å². The van der Waals surface area contributed by atoms with Crippen LogP contribution in [0.25, 0.3) is 15.9 Å². The van der Waals surface area contributed by atoms with Crippen molar-refractivity contribution in [3.05, 3.63) is 72.0 Å². The molecule has 38 heavy (non-hydrogen) atoms. The molecule has 0 unspecified atom stereocenters. The number of carbonyl (C=O) groups is 1. The van der Waals surface area contributed by atoms with Crippen LogP contribution in [0.15, 0.2) is 49.9 Å². The zero-order valence-corrected chi connectivity index (χ0v) is 22.9. The van der Waals surface area contributed by atoms with Gasteiger partial charge in [0.25, 0.3) is 11.1 Å². The number of aromatic nitrogens is 4. The summed E-state index contributed by atoms with van der Waals surface area (Å²) in [7, 11) is 4.41. The van der Waals surface area contributed by atoms with Gasteiger partial charge in [-0.05, 0) is 43.4 Å². The van der Waals surface area contributed by atoms with Gasteiger partial charge >= 0.3 is 5.69 Å². The third-order valence-corrected chi connectivity index (χ3v) is 8.77. The van der Waals surface area contributed by atoms with Crippen LogP contribution < -0.4 is 26.9 Å². The number of ether oxygens (including phenoxy) is 1. The highest BCUT2D eigenvalue weighted by Crippen LogP contribution is 2.35. The van der Waals surface area contributed by atoms with Crippen molar-refractivity contribution in [3.63, 3.8) is 0 Å². The number of anilines is 1. The van der Waals surface area contributed by atoms with Crippen molar-refractivity contribution >= 4 is 45.0 Å². The van der Waals surface area contributed by atoms with E-state index in [-0.39, 0.29) is 17.1 Å². The van der Waals surface area contributed by atoms with Gasteiger partial charge in [0.1, 0.15) is 16.4 Å². The molecule has 0 fully saturated rings. The summed E-state index contributed by atoms with van der Waals surface area (Å²) in [6, 6.07) is 8.36. The van der Waals surface area contributed by atoms with Crippen LogP contribution in [0.2, 0.25) is 0 Å². The number of benzene rings is 1. The molecule has 1 amide bonds. The van der Waals surface area contributed by atoms with Crippen molar-refractivity contribution in [1.29, 1.82) is 0 Å². The Kier molecular flexibility index (Phi) is 7.26. The molecular formula is C26H27N5O5S2. The minimum atomic E-state index is -0.545. The summed E-state index contributed by atoms with van der Waals surface area (Å²) < 4.78 is 9.07. The lowest BCUT2D eigenvalue weighted by Crippen LogP contribution is -2.38. The lowest BCUT2D eigenvalue weighted by atomic mass is 10.1. The van der Waals surface area contributed by atoms with Gasteiger partial charge in [0.15, 0.2) is 5.16 Å². The zero-order chi connectivity index (χ0) is 27.0. The van der Waals surface area contributed by atoms with E-state index in [2.05, 4.69) is 5.32 Å². The smallest absolute Gasteiger partial charge is 0.332 e. The predicted molar refractivity (Wildman–Crippen MR) is 149 cm³/mol. The summed E-state index contributed by atoms with van der Waals surface area (Å²) in [5.41, 5.74) is 0.454. The topological polar surface area (TPSA) is 117 Å². The molecule has 5 rings (SSSR count). The van der Waals surface area contributed by atoms with Crippen LogP contribution in [0.4, 0.5) is 5.82 Å². The highest BCUT2D eigenvalue weighted by atomic mass is 32.2.